The van der Waals surface area contributed by atoms with E-state index in [1.54, 1.807) is 0 Å². The minimum absolute atomic E-state index is 0.360. The Hall–Kier alpha value is 0.258. The van der Waals surface area contributed by atoms with Crippen molar-refractivity contribution in [2.24, 2.45) is 0 Å². The normalized spacial score (nSPS) is 13.9. The molecule has 0 radical (unpaired) electrons. The van der Waals surface area contributed by atoms with Crippen LogP contribution < -0.4 is 14.2 Å². The number of rotatable bonds is 2. The fourth-order valence-electron chi connectivity index (χ4n) is 3.25. The van der Waals surface area contributed by atoms with E-state index in [2.05, 4.69) is 37.3 Å². The van der Waals surface area contributed by atoms with Gasteiger partial charge in [-0.1, -0.05) is 0 Å². The van der Waals surface area contributed by atoms with Gasteiger partial charge in [-0.2, -0.15) is 0 Å². The zero-order valence-corrected chi connectivity index (χ0v) is 15.9. The Morgan fingerprint density at radius 3 is 2.40 bits per heavy atom. The van der Waals surface area contributed by atoms with Crippen molar-refractivity contribution in [2.45, 2.75) is 19.7 Å². The molecule has 0 saturated heterocycles. The fraction of sp³-hybridized carbons (Fsp3) is 0.200. The topological polar surface area (TPSA) is 0 Å². The molecule has 102 valence electrons. The molecule has 0 saturated carbocycles. The zero-order valence-electron chi connectivity index (χ0n) is 11.2. The molecule has 0 nitrogen and oxygen atoms in total. The third kappa shape index (κ3) is 2.65. The molecule has 3 rings (SSSR count). The summed E-state index contributed by atoms with van der Waals surface area (Å²) in [6.07, 6.45) is 1.98. The van der Waals surface area contributed by atoms with Crippen molar-refractivity contribution in [3.63, 3.8) is 0 Å². The predicted molar refractivity (Wildman–Crippen MR) is 88.4 cm³/mol. The summed E-state index contributed by atoms with van der Waals surface area (Å²) < 4.78 is 1.03. The van der Waals surface area contributed by atoms with E-state index in [-0.39, 0.29) is 0 Å². The van der Waals surface area contributed by atoms with Crippen LogP contribution in [0.1, 0.15) is 18.1 Å². The number of fused-ring (bicyclic) bond motifs is 2. The van der Waals surface area contributed by atoms with Gasteiger partial charge in [-0.05, 0) is 0 Å². The van der Waals surface area contributed by atoms with Gasteiger partial charge in [0.05, 0.1) is 0 Å². The summed E-state index contributed by atoms with van der Waals surface area (Å²) in [7, 11) is 19.2. The molecule has 0 atom stereocenters. The Morgan fingerprint density at radius 1 is 1.00 bits per heavy atom. The van der Waals surface area contributed by atoms with Gasteiger partial charge in [0.2, 0.25) is 0 Å². The molecule has 1 aliphatic rings. The average molecular weight is 403 g/mol. The van der Waals surface area contributed by atoms with Crippen LogP contribution in [0.4, 0.5) is 0 Å². The third-order valence-corrected chi connectivity index (χ3v) is 10.3. The Bertz CT molecular complexity index is 652. The Kier molecular flexibility index (Phi) is 4.40. The van der Waals surface area contributed by atoms with Crippen molar-refractivity contribution >= 4 is 46.4 Å². The summed E-state index contributed by atoms with van der Waals surface area (Å²) in [6, 6.07) is 14.9. The molecule has 0 amide bonds. The Morgan fingerprint density at radius 2 is 1.70 bits per heavy atom. The van der Waals surface area contributed by atoms with Crippen LogP contribution in [0.3, 0.4) is 0 Å². The zero-order chi connectivity index (χ0) is 14.3. The van der Waals surface area contributed by atoms with E-state index in [0.717, 1.165) is 16.0 Å². The maximum absolute atomic E-state index is 6.39. The van der Waals surface area contributed by atoms with Gasteiger partial charge < -0.3 is 0 Å². The van der Waals surface area contributed by atoms with Crippen LogP contribution in [0.15, 0.2) is 42.5 Å². The second kappa shape index (κ2) is 5.80. The summed E-state index contributed by atoms with van der Waals surface area (Å²) in [5.74, 6) is 0. The van der Waals surface area contributed by atoms with Crippen LogP contribution in [0, 0.1) is 0 Å². The van der Waals surface area contributed by atoms with Gasteiger partial charge in [-0.3, -0.25) is 0 Å². The second-order valence-electron chi connectivity index (χ2n) is 5.21. The van der Waals surface area contributed by atoms with E-state index >= 15 is 0 Å². The van der Waals surface area contributed by atoms with Crippen molar-refractivity contribution in [3.05, 3.63) is 53.6 Å². The monoisotopic (exact) mass is 400 g/mol. The summed E-state index contributed by atoms with van der Waals surface area (Å²) in [4.78, 5) is 0. The van der Waals surface area contributed by atoms with Gasteiger partial charge in [-0.15, -0.1) is 0 Å². The Labute approximate surface area is 135 Å². The molecule has 0 N–H and O–H groups in total. The third-order valence-electron chi connectivity index (χ3n) is 4.07. The van der Waals surface area contributed by atoms with Gasteiger partial charge in [0.25, 0.3) is 0 Å². The van der Waals surface area contributed by atoms with Crippen LogP contribution in [0.25, 0.3) is 0 Å². The molecule has 20 heavy (non-hydrogen) atoms. The number of hydrogen-bond acceptors (Lipinski definition) is 0. The van der Waals surface area contributed by atoms with Crippen LogP contribution in [0.2, 0.25) is 6.32 Å². The van der Waals surface area contributed by atoms with E-state index in [0.29, 0.717) is 6.71 Å². The Balaban J connectivity index is 2.24. The molecule has 1 aliphatic heterocycles. The van der Waals surface area contributed by atoms with Crippen LogP contribution in [-0.2, 0) is 23.1 Å². The van der Waals surface area contributed by atoms with Crippen LogP contribution in [-0.4, -0.2) is 6.71 Å². The molecule has 0 fully saturated rings. The van der Waals surface area contributed by atoms with Gasteiger partial charge in [-0.25, -0.2) is 0 Å². The minimum atomic E-state index is -3.65. The summed E-state index contributed by atoms with van der Waals surface area (Å²) in [6.45, 7) is 2.57. The second-order valence-corrected chi connectivity index (χ2v) is 22.5. The predicted octanol–water partition coefficient (Wildman–Crippen LogP) is 3.46. The molecule has 0 bridgehead atoms. The first-order valence-electron chi connectivity index (χ1n) is 6.79. The summed E-state index contributed by atoms with van der Waals surface area (Å²) >= 11 is -3.65. The molecule has 0 aromatic heterocycles. The van der Waals surface area contributed by atoms with Crippen molar-refractivity contribution in [1.29, 1.82) is 0 Å². The van der Waals surface area contributed by atoms with E-state index in [1.165, 1.54) is 22.1 Å². The first-order valence-corrected chi connectivity index (χ1v) is 17.5. The molecular formula is C15H14BCl3Zr. The van der Waals surface area contributed by atoms with E-state index in [1.807, 2.05) is 12.1 Å². The van der Waals surface area contributed by atoms with Crippen molar-refractivity contribution in [2.75, 3.05) is 0 Å². The van der Waals surface area contributed by atoms with Crippen molar-refractivity contribution in [3.8, 4) is 0 Å². The number of hydrogen-bond donors (Lipinski definition) is 0. The molecule has 0 aliphatic carbocycles. The molecule has 2 aromatic rings. The molecule has 0 spiro atoms. The summed E-state index contributed by atoms with van der Waals surface area (Å²) in [5.41, 5.74) is 5.43. The molecule has 5 heteroatoms. The van der Waals surface area contributed by atoms with Gasteiger partial charge in [0, 0.05) is 0 Å². The first kappa shape index (κ1) is 15.2. The number of benzene rings is 2. The maximum atomic E-state index is 6.39. The van der Waals surface area contributed by atoms with Crippen LogP contribution >= 0.6 is 25.5 Å². The van der Waals surface area contributed by atoms with Crippen molar-refractivity contribution in [1.82, 2.24) is 0 Å². The number of halogens is 3. The van der Waals surface area contributed by atoms with E-state index in [9.17, 15) is 0 Å². The van der Waals surface area contributed by atoms with Crippen LogP contribution in [0.5, 0.6) is 0 Å². The van der Waals surface area contributed by atoms with Gasteiger partial charge >= 0.3 is 136 Å². The summed E-state index contributed by atoms with van der Waals surface area (Å²) in [5, 5.41) is 0. The first-order chi connectivity index (χ1) is 9.52. The molecule has 0 unspecified atom stereocenters. The van der Waals surface area contributed by atoms with E-state index in [4.69, 9.17) is 25.5 Å². The quantitative estimate of drug-likeness (QED) is 0.675. The SMILES string of the molecule is CCB1c2ccccc2Cc2ccc[c]([Zr]([Cl])([Cl])[Cl])c21. The molecule has 2 aromatic carbocycles. The van der Waals surface area contributed by atoms with Gasteiger partial charge in [0.15, 0.2) is 0 Å². The standard InChI is InChI=1S/C15H14B.3ClH.Zr/c1-2-16-14-9-5-3-7-12(14)11-13-8-4-6-10-15(13)16;;;;/h3-9H,2,11H2,1H3;3*1H;/q;;;;+3/p-3. The van der Waals surface area contributed by atoms with Crippen molar-refractivity contribution < 1.29 is 16.7 Å². The molecule has 1 heterocycles. The average Bonchev–Trinajstić information content (AvgIpc) is 2.43. The van der Waals surface area contributed by atoms with E-state index < -0.39 is 16.7 Å². The fourth-order valence-corrected chi connectivity index (χ4v) is 8.45. The molecular weight excluding hydrogens is 389 g/mol. The van der Waals surface area contributed by atoms with Gasteiger partial charge in [0.1, 0.15) is 0 Å².